The molecule has 0 heterocycles. The molecule has 1 aromatic rings. The van der Waals surface area contributed by atoms with Crippen molar-refractivity contribution in [2.45, 2.75) is 17.4 Å². The summed E-state index contributed by atoms with van der Waals surface area (Å²) in [6.07, 6.45) is 1.32. The highest BCUT2D eigenvalue weighted by atomic mass is 79.9. The molecular weight excluding hydrogens is 358 g/mol. The van der Waals surface area contributed by atoms with Crippen molar-refractivity contribution in [2.24, 2.45) is 0 Å². The van der Waals surface area contributed by atoms with E-state index in [1.165, 1.54) is 24.3 Å². The van der Waals surface area contributed by atoms with Crippen molar-refractivity contribution in [3.05, 3.63) is 40.3 Å². The molecule has 0 aliphatic heterocycles. The Kier molecular flexibility index (Phi) is 5.54. The molecule has 5 nitrogen and oxygen atoms in total. The summed E-state index contributed by atoms with van der Waals surface area (Å²) >= 11 is 8.87. The van der Waals surface area contributed by atoms with E-state index in [1.807, 2.05) is 0 Å². The first kappa shape index (κ1) is 16.2. The lowest BCUT2D eigenvalue weighted by molar-refractivity contribution is -0.138. The number of halogens is 2. The molecule has 19 heavy (non-hydrogen) atoms. The Morgan fingerprint density at radius 1 is 1.58 bits per heavy atom. The van der Waals surface area contributed by atoms with Crippen LogP contribution in [0.2, 0.25) is 5.02 Å². The van der Waals surface area contributed by atoms with E-state index < -0.39 is 22.0 Å². The molecular formula is C11H11BrClNO4S. The van der Waals surface area contributed by atoms with Gasteiger partial charge in [-0.15, -0.1) is 6.58 Å². The molecule has 0 aliphatic carbocycles. The maximum Gasteiger partial charge on any atom is 0.322 e. The molecule has 0 spiro atoms. The Morgan fingerprint density at radius 2 is 2.21 bits per heavy atom. The van der Waals surface area contributed by atoms with Gasteiger partial charge in [-0.3, -0.25) is 4.79 Å². The molecule has 0 amide bonds. The number of aliphatic carboxylic acids is 1. The normalized spacial score (nSPS) is 12.9. The Balaban J connectivity index is 3.06. The first-order valence-corrected chi connectivity index (χ1v) is 7.74. The van der Waals surface area contributed by atoms with E-state index >= 15 is 0 Å². The van der Waals surface area contributed by atoms with Gasteiger partial charge in [0.2, 0.25) is 10.0 Å². The van der Waals surface area contributed by atoms with Gasteiger partial charge in [0, 0.05) is 4.47 Å². The number of benzene rings is 1. The van der Waals surface area contributed by atoms with Gasteiger partial charge in [0.1, 0.15) is 6.04 Å². The van der Waals surface area contributed by atoms with E-state index in [4.69, 9.17) is 16.7 Å². The van der Waals surface area contributed by atoms with Crippen molar-refractivity contribution < 1.29 is 18.3 Å². The van der Waals surface area contributed by atoms with Gasteiger partial charge in [0.25, 0.3) is 0 Å². The van der Waals surface area contributed by atoms with E-state index in [0.29, 0.717) is 9.50 Å². The van der Waals surface area contributed by atoms with Gasteiger partial charge in [0.15, 0.2) is 0 Å². The summed E-state index contributed by atoms with van der Waals surface area (Å²) in [5.74, 6) is -1.27. The van der Waals surface area contributed by atoms with Crippen molar-refractivity contribution in [1.29, 1.82) is 0 Å². The van der Waals surface area contributed by atoms with Gasteiger partial charge in [-0.05, 0) is 40.5 Å². The zero-order valence-corrected chi connectivity index (χ0v) is 12.8. The highest BCUT2D eigenvalue weighted by Gasteiger charge is 2.24. The maximum absolute atomic E-state index is 12.0. The monoisotopic (exact) mass is 367 g/mol. The molecule has 1 rings (SSSR count). The molecule has 104 valence electrons. The second-order valence-electron chi connectivity index (χ2n) is 3.61. The third-order valence-electron chi connectivity index (χ3n) is 2.20. The molecule has 0 saturated heterocycles. The maximum atomic E-state index is 12.0. The molecule has 1 aromatic carbocycles. The number of carboxylic acid groups (broad SMARTS) is 1. The van der Waals surface area contributed by atoms with Gasteiger partial charge in [-0.2, -0.15) is 4.72 Å². The van der Waals surface area contributed by atoms with Gasteiger partial charge in [-0.1, -0.05) is 17.7 Å². The van der Waals surface area contributed by atoms with Crippen LogP contribution in [0.25, 0.3) is 0 Å². The fourth-order valence-corrected chi connectivity index (χ4v) is 3.14. The van der Waals surface area contributed by atoms with Gasteiger partial charge in [-0.25, -0.2) is 8.42 Å². The predicted molar refractivity (Wildman–Crippen MR) is 75.7 cm³/mol. The summed E-state index contributed by atoms with van der Waals surface area (Å²) in [5, 5.41) is 9.27. The van der Waals surface area contributed by atoms with Crippen LogP contribution in [0.4, 0.5) is 0 Å². The number of hydrogen-bond acceptors (Lipinski definition) is 3. The molecule has 0 bridgehead atoms. The van der Waals surface area contributed by atoms with Crippen molar-refractivity contribution in [1.82, 2.24) is 4.72 Å². The zero-order valence-electron chi connectivity index (χ0n) is 9.64. The van der Waals surface area contributed by atoms with E-state index in [-0.39, 0.29) is 11.3 Å². The van der Waals surface area contributed by atoms with Gasteiger partial charge < -0.3 is 5.11 Å². The van der Waals surface area contributed by atoms with E-state index in [2.05, 4.69) is 27.2 Å². The summed E-state index contributed by atoms with van der Waals surface area (Å²) in [7, 11) is -3.93. The number of carboxylic acids is 1. The minimum Gasteiger partial charge on any atom is -0.480 e. The Hall–Kier alpha value is -0.890. The fourth-order valence-electron chi connectivity index (χ4n) is 1.27. The minimum atomic E-state index is -3.93. The van der Waals surface area contributed by atoms with Crippen LogP contribution in [0.5, 0.6) is 0 Å². The lowest BCUT2D eigenvalue weighted by Gasteiger charge is -2.13. The Labute approximate surface area is 124 Å². The van der Waals surface area contributed by atoms with E-state index in [9.17, 15) is 13.2 Å². The Bertz CT molecular complexity index is 603. The number of sulfonamides is 1. The first-order chi connectivity index (χ1) is 8.77. The van der Waals surface area contributed by atoms with Crippen LogP contribution >= 0.6 is 27.5 Å². The first-order valence-electron chi connectivity index (χ1n) is 5.09. The summed E-state index contributed by atoms with van der Waals surface area (Å²) in [4.78, 5) is 10.8. The van der Waals surface area contributed by atoms with Gasteiger partial charge >= 0.3 is 5.97 Å². The standard InChI is InChI=1S/C11H11BrClNO4S/c1-2-3-10(11(15)16)14-19(17,18)7-4-5-9(13)8(12)6-7/h2,4-6,10,14H,1,3H2,(H,15,16). The van der Waals surface area contributed by atoms with E-state index in [0.717, 1.165) is 0 Å². The number of rotatable bonds is 6. The largest absolute Gasteiger partial charge is 0.480 e. The van der Waals surface area contributed by atoms with Crippen molar-refractivity contribution in [3.8, 4) is 0 Å². The molecule has 0 aromatic heterocycles. The zero-order chi connectivity index (χ0) is 14.6. The van der Waals surface area contributed by atoms with Crippen LogP contribution < -0.4 is 4.72 Å². The van der Waals surface area contributed by atoms with Crippen LogP contribution in [0, 0.1) is 0 Å². The summed E-state index contributed by atoms with van der Waals surface area (Å²) in [6.45, 7) is 3.39. The summed E-state index contributed by atoms with van der Waals surface area (Å²) in [5.41, 5.74) is 0. The van der Waals surface area contributed by atoms with Crippen LogP contribution in [0.15, 0.2) is 40.2 Å². The highest BCUT2D eigenvalue weighted by Crippen LogP contribution is 2.25. The van der Waals surface area contributed by atoms with E-state index in [1.54, 1.807) is 0 Å². The third kappa shape index (κ3) is 4.31. The second kappa shape index (κ2) is 6.51. The smallest absolute Gasteiger partial charge is 0.322 e. The lowest BCUT2D eigenvalue weighted by atomic mass is 10.2. The fraction of sp³-hybridized carbons (Fsp3) is 0.182. The molecule has 1 atom stereocenters. The minimum absolute atomic E-state index is 0.0106. The van der Waals surface area contributed by atoms with Crippen molar-refractivity contribution in [2.75, 3.05) is 0 Å². The topological polar surface area (TPSA) is 83.5 Å². The number of carbonyl (C=O) groups is 1. The molecule has 0 aliphatic rings. The molecule has 1 unspecified atom stereocenters. The van der Waals surface area contributed by atoms with Crippen molar-refractivity contribution in [3.63, 3.8) is 0 Å². The average molecular weight is 369 g/mol. The van der Waals surface area contributed by atoms with Gasteiger partial charge in [0.05, 0.1) is 9.92 Å². The highest BCUT2D eigenvalue weighted by molar-refractivity contribution is 9.10. The SMILES string of the molecule is C=CCC(NS(=O)(=O)c1ccc(Cl)c(Br)c1)C(=O)O. The molecule has 8 heteroatoms. The lowest BCUT2D eigenvalue weighted by Crippen LogP contribution is -2.40. The van der Waals surface area contributed by atoms with Crippen LogP contribution in [-0.2, 0) is 14.8 Å². The quantitative estimate of drug-likeness (QED) is 0.755. The van der Waals surface area contributed by atoms with Crippen LogP contribution in [0.3, 0.4) is 0 Å². The number of nitrogens with one attached hydrogen (secondary N) is 1. The molecule has 0 fully saturated rings. The molecule has 0 radical (unpaired) electrons. The second-order valence-corrected chi connectivity index (χ2v) is 6.59. The Morgan fingerprint density at radius 3 is 2.68 bits per heavy atom. The summed E-state index contributed by atoms with van der Waals surface area (Å²) < 4.78 is 26.5. The predicted octanol–water partition coefficient (Wildman–Crippen LogP) is 2.41. The molecule has 0 saturated carbocycles. The van der Waals surface area contributed by atoms with Crippen LogP contribution in [-0.4, -0.2) is 25.5 Å². The van der Waals surface area contributed by atoms with Crippen molar-refractivity contribution >= 4 is 43.5 Å². The van der Waals surface area contributed by atoms with Crippen LogP contribution in [0.1, 0.15) is 6.42 Å². The summed E-state index contributed by atoms with van der Waals surface area (Å²) in [6, 6.07) is 2.75. The average Bonchev–Trinajstić information content (AvgIpc) is 2.31. The third-order valence-corrected chi connectivity index (χ3v) is 4.88. The molecule has 2 N–H and O–H groups in total. The number of hydrogen-bond donors (Lipinski definition) is 2.